The molecule has 1 amide bonds. The number of carbonyl (C=O) groups excluding carboxylic acids is 1. The monoisotopic (exact) mass is 336 g/mol. The maximum Gasteiger partial charge on any atom is 0.268 e. The summed E-state index contributed by atoms with van der Waals surface area (Å²) in [7, 11) is 0. The Morgan fingerprint density at radius 3 is 2.89 bits per heavy atom. The average molecular weight is 337 g/mol. The van der Waals surface area contributed by atoms with Gasteiger partial charge in [0.05, 0.1) is 8.66 Å². The van der Waals surface area contributed by atoms with Crippen molar-refractivity contribution in [2.45, 2.75) is 13.3 Å². The molecule has 2 N–H and O–H groups in total. The lowest BCUT2D eigenvalue weighted by molar-refractivity contribution is 0.0993. The number of nitrogens with zero attached hydrogens (tertiary/aromatic N) is 1. The number of amides is 1. The number of nitrogens with two attached hydrogens (primary N) is 1. The van der Waals surface area contributed by atoms with Gasteiger partial charge in [-0.1, -0.05) is 6.07 Å². The molecule has 3 nitrogen and oxygen atoms in total. The van der Waals surface area contributed by atoms with Gasteiger partial charge in [0, 0.05) is 17.9 Å². The highest BCUT2D eigenvalue weighted by Gasteiger charge is 2.27. The molecule has 19 heavy (non-hydrogen) atoms. The molecule has 1 aliphatic rings. The summed E-state index contributed by atoms with van der Waals surface area (Å²) in [6.45, 7) is 2.73. The van der Waals surface area contributed by atoms with Crippen LogP contribution in [0.15, 0.2) is 28.1 Å². The van der Waals surface area contributed by atoms with Gasteiger partial charge in [0.2, 0.25) is 0 Å². The molecule has 0 fully saturated rings. The fourth-order valence-corrected chi connectivity index (χ4v) is 3.68. The lowest BCUT2D eigenvalue weighted by atomic mass is 10.1. The van der Waals surface area contributed by atoms with E-state index in [1.807, 2.05) is 30.0 Å². The fraction of sp³-hybridized carbons (Fsp3) is 0.214. The van der Waals surface area contributed by atoms with Crippen molar-refractivity contribution in [3.05, 3.63) is 44.1 Å². The standard InChI is InChI=1S/C14H13BrN2OS/c1-8-6-9-4-5-17(11(9)7-10(8)16)14(18)12-2-3-13(15)19-12/h2-3,6-7H,4-5,16H2,1H3. The Balaban J connectivity index is 1.98. The molecule has 1 aromatic heterocycles. The van der Waals surface area contributed by atoms with E-state index in [0.717, 1.165) is 38.6 Å². The first-order valence-corrected chi connectivity index (χ1v) is 7.63. The second-order valence-electron chi connectivity index (χ2n) is 4.65. The minimum absolute atomic E-state index is 0.0534. The van der Waals surface area contributed by atoms with Crippen molar-refractivity contribution < 1.29 is 4.79 Å². The predicted molar refractivity (Wildman–Crippen MR) is 83.0 cm³/mol. The van der Waals surface area contributed by atoms with E-state index in [0.29, 0.717) is 0 Å². The molecule has 98 valence electrons. The molecule has 0 spiro atoms. The number of fused-ring (bicyclic) bond motifs is 1. The number of carbonyl (C=O) groups is 1. The second-order valence-corrected chi connectivity index (χ2v) is 7.11. The van der Waals surface area contributed by atoms with Crippen LogP contribution in [0.1, 0.15) is 20.8 Å². The molecule has 0 bridgehead atoms. The minimum Gasteiger partial charge on any atom is -0.398 e. The van der Waals surface area contributed by atoms with Crippen LogP contribution in [0.3, 0.4) is 0 Å². The Bertz CT molecular complexity index is 665. The van der Waals surface area contributed by atoms with Gasteiger partial charge in [-0.25, -0.2) is 0 Å². The number of aryl methyl sites for hydroxylation is 1. The third kappa shape index (κ3) is 2.17. The Labute approximate surface area is 124 Å². The molecule has 0 aliphatic carbocycles. The van der Waals surface area contributed by atoms with Crippen molar-refractivity contribution in [2.24, 2.45) is 0 Å². The van der Waals surface area contributed by atoms with Crippen LogP contribution >= 0.6 is 27.3 Å². The zero-order valence-corrected chi connectivity index (χ0v) is 12.8. The first kappa shape index (κ1) is 12.7. The zero-order chi connectivity index (χ0) is 13.6. The third-order valence-corrected chi connectivity index (χ3v) is 5.00. The van der Waals surface area contributed by atoms with E-state index in [2.05, 4.69) is 22.0 Å². The molecule has 0 radical (unpaired) electrons. The van der Waals surface area contributed by atoms with Gasteiger partial charge < -0.3 is 10.6 Å². The molecular weight excluding hydrogens is 324 g/mol. The van der Waals surface area contributed by atoms with E-state index < -0.39 is 0 Å². The van der Waals surface area contributed by atoms with Crippen molar-refractivity contribution in [2.75, 3.05) is 17.2 Å². The molecule has 1 aromatic carbocycles. The van der Waals surface area contributed by atoms with E-state index in [1.54, 1.807) is 0 Å². The van der Waals surface area contributed by atoms with Gasteiger partial charge in [-0.15, -0.1) is 11.3 Å². The number of thiophene rings is 1. The highest BCUT2D eigenvalue weighted by atomic mass is 79.9. The SMILES string of the molecule is Cc1cc2c(cc1N)N(C(=O)c1ccc(Br)s1)CC2. The van der Waals surface area contributed by atoms with E-state index >= 15 is 0 Å². The molecular formula is C14H13BrN2OS. The molecule has 2 aromatic rings. The van der Waals surface area contributed by atoms with Crippen LogP contribution in [-0.2, 0) is 6.42 Å². The number of hydrogen-bond acceptors (Lipinski definition) is 3. The van der Waals surface area contributed by atoms with Crippen LogP contribution in [0.2, 0.25) is 0 Å². The van der Waals surface area contributed by atoms with Gasteiger partial charge in [-0.05, 0) is 58.6 Å². The molecule has 0 saturated carbocycles. The Hall–Kier alpha value is -1.33. The summed E-state index contributed by atoms with van der Waals surface area (Å²) in [5.74, 6) is 0.0534. The van der Waals surface area contributed by atoms with Crippen LogP contribution < -0.4 is 10.6 Å². The largest absolute Gasteiger partial charge is 0.398 e. The highest BCUT2D eigenvalue weighted by molar-refractivity contribution is 9.11. The molecule has 0 saturated heterocycles. The molecule has 2 heterocycles. The van der Waals surface area contributed by atoms with Crippen molar-refractivity contribution in [1.82, 2.24) is 0 Å². The van der Waals surface area contributed by atoms with Crippen LogP contribution in [-0.4, -0.2) is 12.5 Å². The normalized spacial score (nSPS) is 13.7. The van der Waals surface area contributed by atoms with Crippen LogP contribution in [0.25, 0.3) is 0 Å². The number of benzene rings is 1. The van der Waals surface area contributed by atoms with E-state index in [-0.39, 0.29) is 5.91 Å². The maximum absolute atomic E-state index is 12.5. The predicted octanol–water partition coefficient (Wildman–Crippen LogP) is 3.60. The summed E-state index contributed by atoms with van der Waals surface area (Å²) in [5, 5.41) is 0. The lowest BCUT2D eigenvalue weighted by Gasteiger charge is -2.17. The van der Waals surface area contributed by atoms with Crippen LogP contribution in [0.5, 0.6) is 0 Å². The summed E-state index contributed by atoms with van der Waals surface area (Å²) in [4.78, 5) is 15.1. The van der Waals surface area contributed by atoms with Gasteiger partial charge in [0.15, 0.2) is 0 Å². The number of hydrogen-bond donors (Lipinski definition) is 1. The molecule has 0 unspecified atom stereocenters. The molecule has 0 atom stereocenters. The van der Waals surface area contributed by atoms with Gasteiger partial charge in [-0.2, -0.15) is 0 Å². The first-order chi connectivity index (χ1) is 9.06. The topological polar surface area (TPSA) is 46.3 Å². The molecule has 3 rings (SSSR count). The summed E-state index contributed by atoms with van der Waals surface area (Å²) in [6.07, 6.45) is 0.898. The smallest absolute Gasteiger partial charge is 0.268 e. The number of nitrogen functional groups attached to an aromatic ring is 1. The van der Waals surface area contributed by atoms with E-state index in [4.69, 9.17) is 5.73 Å². The van der Waals surface area contributed by atoms with Crippen molar-refractivity contribution in [3.63, 3.8) is 0 Å². The average Bonchev–Trinajstić information content (AvgIpc) is 2.96. The summed E-state index contributed by atoms with van der Waals surface area (Å²) < 4.78 is 0.971. The quantitative estimate of drug-likeness (QED) is 0.808. The number of rotatable bonds is 1. The fourth-order valence-electron chi connectivity index (χ4n) is 2.35. The molecule has 1 aliphatic heterocycles. The first-order valence-electron chi connectivity index (χ1n) is 6.02. The summed E-state index contributed by atoms with van der Waals surface area (Å²) in [5.41, 5.74) is 9.93. The maximum atomic E-state index is 12.5. The summed E-state index contributed by atoms with van der Waals surface area (Å²) >= 11 is 4.85. The lowest BCUT2D eigenvalue weighted by Crippen LogP contribution is -2.28. The minimum atomic E-state index is 0.0534. The molecule has 5 heteroatoms. The van der Waals surface area contributed by atoms with Gasteiger partial charge >= 0.3 is 0 Å². The van der Waals surface area contributed by atoms with E-state index in [1.165, 1.54) is 16.9 Å². The van der Waals surface area contributed by atoms with Crippen molar-refractivity contribution in [1.29, 1.82) is 0 Å². The zero-order valence-electron chi connectivity index (χ0n) is 10.4. The third-order valence-electron chi connectivity index (χ3n) is 3.39. The van der Waals surface area contributed by atoms with Gasteiger partial charge in [0.1, 0.15) is 0 Å². The Morgan fingerprint density at radius 1 is 1.42 bits per heavy atom. The van der Waals surface area contributed by atoms with Gasteiger partial charge in [-0.3, -0.25) is 4.79 Å². The van der Waals surface area contributed by atoms with Crippen molar-refractivity contribution >= 4 is 44.5 Å². The number of halogens is 1. The second kappa shape index (κ2) is 4.65. The van der Waals surface area contributed by atoms with Gasteiger partial charge in [0.25, 0.3) is 5.91 Å². The van der Waals surface area contributed by atoms with Crippen molar-refractivity contribution in [3.8, 4) is 0 Å². The van der Waals surface area contributed by atoms with E-state index in [9.17, 15) is 4.79 Å². The number of anilines is 2. The highest BCUT2D eigenvalue weighted by Crippen LogP contribution is 2.34. The summed E-state index contributed by atoms with van der Waals surface area (Å²) in [6, 6.07) is 7.76. The Kier molecular flexibility index (Phi) is 3.11. The van der Waals surface area contributed by atoms with Crippen LogP contribution in [0, 0.1) is 6.92 Å². The Morgan fingerprint density at radius 2 is 2.21 bits per heavy atom. The van der Waals surface area contributed by atoms with Crippen LogP contribution in [0.4, 0.5) is 11.4 Å².